The molecule has 0 unspecified atom stereocenters. The van der Waals surface area contributed by atoms with Gasteiger partial charge in [-0.3, -0.25) is 9.05 Å². The molecule has 0 fully saturated rings. The Balaban J connectivity index is 2.47. The normalized spacial score (nSPS) is 11.1. The average Bonchev–Trinajstić information content (AvgIpc) is 2.38. The van der Waals surface area contributed by atoms with E-state index in [-0.39, 0.29) is 19.8 Å². The van der Waals surface area contributed by atoms with Crippen LogP contribution in [0, 0.1) is 0 Å². The van der Waals surface area contributed by atoms with Crippen LogP contribution in [0.1, 0.15) is 13.8 Å². The van der Waals surface area contributed by atoms with Gasteiger partial charge in [-0.1, -0.05) is 18.2 Å². The van der Waals surface area contributed by atoms with Gasteiger partial charge in [-0.25, -0.2) is 9.36 Å². The lowest BCUT2D eigenvalue weighted by Crippen LogP contribution is -2.15. The number of hydrogen-bond acceptors (Lipinski definition) is 6. The van der Waals surface area contributed by atoms with E-state index in [0.29, 0.717) is 5.75 Å². The number of phosphoric ester groups is 1. The highest BCUT2D eigenvalue weighted by atomic mass is 31.2. The number of phosphoric acid groups is 1. The second kappa shape index (κ2) is 7.94. The summed E-state index contributed by atoms with van der Waals surface area (Å²) in [6.45, 7) is 3.11. The van der Waals surface area contributed by atoms with Gasteiger partial charge in [-0.2, -0.15) is 0 Å². The van der Waals surface area contributed by atoms with E-state index in [4.69, 9.17) is 13.8 Å². The van der Waals surface area contributed by atoms with E-state index in [0.717, 1.165) is 0 Å². The molecule has 1 rings (SSSR count). The zero-order valence-electron chi connectivity index (χ0n) is 10.9. The van der Waals surface area contributed by atoms with E-state index < -0.39 is 13.8 Å². The Hall–Kier alpha value is -1.36. The minimum Gasteiger partial charge on any atom is -0.482 e. The van der Waals surface area contributed by atoms with Crippen molar-refractivity contribution in [1.82, 2.24) is 0 Å². The quantitative estimate of drug-likeness (QED) is 0.685. The van der Waals surface area contributed by atoms with Gasteiger partial charge in [0.25, 0.3) is 0 Å². The smallest absolute Gasteiger partial charge is 0.482 e. The molecule has 0 heterocycles. The lowest BCUT2D eigenvalue weighted by atomic mass is 10.3. The fourth-order valence-electron chi connectivity index (χ4n) is 1.22. The molecule has 0 aromatic heterocycles. The van der Waals surface area contributed by atoms with Crippen molar-refractivity contribution in [2.45, 2.75) is 13.8 Å². The molecule has 0 aliphatic rings. The molecule has 0 aliphatic heterocycles. The third-order valence-electron chi connectivity index (χ3n) is 1.89. The second-order valence-electron chi connectivity index (χ2n) is 3.35. The SMILES string of the molecule is CCOP(=O)(OCC)OC(=O)COc1ccccc1. The van der Waals surface area contributed by atoms with Gasteiger partial charge in [0.2, 0.25) is 0 Å². The van der Waals surface area contributed by atoms with Crippen LogP contribution in [0.25, 0.3) is 0 Å². The molecule has 1 aromatic carbocycles. The summed E-state index contributed by atoms with van der Waals surface area (Å²) in [5.41, 5.74) is 0. The Bertz CT molecular complexity index is 423. The number of carbonyl (C=O) groups excluding carboxylic acids is 1. The van der Waals surface area contributed by atoms with E-state index in [9.17, 15) is 9.36 Å². The summed E-state index contributed by atoms with van der Waals surface area (Å²) in [7, 11) is -3.83. The van der Waals surface area contributed by atoms with Gasteiger partial charge in [0.15, 0.2) is 6.61 Å². The molecular formula is C12H17O6P. The van der Waals surface area contributed by atoms with E-state index in [1.807, 2.05) is 6.07 Å². The van der Waals surface area contributed by atoms with Crippen LogP contribution >= 0.6 is 7.82 Å². The molecular weight excluding hydrogens is 271 g/mol. The summed E-state index contributed by atoms with van der Waals surface area (Å²) >= 11 is 0. The summed E-state index contributed by atoms with van der Waals surface area (Å²) in [6.07, 6.45) is 0. The largest absolute Gasteiger partial charge is 0.532 e. The monoisotopic (exact) mass is 288 g/mol. The Morgan fingerprint density at radius 2 is 1.68 bits per heavy atom. The van der Waals surface area contributed by atoms with Crippen LogP contribution in [0.4, 0.5) is 0 Å². The zero-order valence-corrected chi connectivity index (χ0v) is 11.8. The highest BCUT2D eigenvalue weighted by Crippen LogP contribution is 2.49. The maximum absolute atomic E-state index is 11.9. The van der Waals surface area contributed by atoms with Crippen LogP contribution in [0.15, 0.2) is 30.3 Å². The third-order valence-corrected chi connectivity index (χ3v) is 3.46. The van der Waals surface area contributed by atoms with Crippen molar-refractivity contribution in [2.75, 3.05) is 19.8 Å². The van der Waals surface area contributed by atoms with Crippen LogP contribution in [0.3, 0.4) is 0 Å². The Labute approximate surface area is 112 Å². The van der Waals surface area contributed by atoms with E-state index in [1.54, 1.807) is 38.1 Å². The van der Waals surface area contributed by atoms with Crippen molar-refractivity contribution >= 4 is 13.8 Å². The third kappa shape index (κ3) is 5.87. The number of rotatable bonds is 8. The van der Waals surface area contributed by atoms with Crippen LogP contribution in [0.5, 0.6) is 5.75 Å². The fourth-order valence-corrected chi connectivity index (χ4v) is 2.33. The van der Waals surface area contributed by atoms with Crippen molar-refractivity contribution in [1.29, 1.82) is 0 Å². The van der Waals surface area contributed by atoms with Crippen molar-refractivity contribution in [3.05, 3.63) is 30.3 Å². The Kier molecular flexibility index (Phi) is 6.56. The molecule has 0 radical (unpaired) electrons. The van der Waals surface area contributed by atoms with Crippen LogP contribution in [0.2, 0.25) is 0 Å². The molecule has 0 bridgehead atoms. The number of carbonyl (C=O) groups is 1. The van der Waals surface area contributed by atoms with Gasteiger partial charge in [0.05, 0.1) is 13.2 Å². The molecule has 1 aromatic rings. The lowest BCUT2D eigenvalue weighted by molar-refractivity contribution is -0.138. The first-order valence-electron chi connectivity index (χ1n) is 5.89. The molecule has 0 spiro atoms. The van der Waals surface area contributed by atoms with Crippen molar-refractivity contribution in [2.24, 2.45) is 0 Å². The predicted octanol–water partition coefficient (Wildman–Crippen LogP) is 2.79. The van der Waals surface area contributed by atoms with Gasteiger partial charge < -0.3 is 9.26 Å². The van der Waals surface area contributed by atoms with Gasteiger partial charge in [-0.05, 0) is 26.0 Å². The minimum absolute atomic E-state index is 0.115. The number of ether oxygens (including phenoxy) is 1. The Morgan fingerprint density at radius 1 is 1.11 bits per heavy atom. The van der Waals surface area contributed by atoms with Crippen LogP contribution in [-0.4, -0.2) is 25.8 Å². The van der Waals surface area contributed by atoms with Gasteiger partial charge >= 0.3 is 13.8 Å². The maximum atomic E-state index is 11.9. The topological polar surface area (TPSA) is 71.1 Å². The number of para-hydroxylation sites is 1. The molecule has 7 heteroatoms. The van der Waals surface area contributed by atoms with Gasteiger partial charge in [-0.15, -0.1) is 0 Å². The van der Waals surface area contributed by atoms with Crippen molar-refractivity contribution in [3.8, 4) is 5.75 Å². The molecule has 0 aliphatic carbocycles. The summed E-state index contributed by atoms with van der Waals surface area (Å²) in [5, 5.41) is 0. The van der Waals surface area contributed by atoms with E-state index >= 15 is 0 Å². The average molecular weight is 288 g/mol. The maximum Gasteiger partial charge on any atom is 0.532 e. The van der Waals surface area contributed by atoms with Crippen LogP contribution in [-0.2, 0) is 22.9 Å². The lowest BCUT2D eigenvalue weighted by Gasteiger charge is -2.15. The number of benzene rings is 1. The second-order valence-corrected chi connectivity index (χ2v) is 4.94. The first kappa shape index (κ1) is 15.7. The highest BCUT2D eigenvalue weighted by molar-refractivity contribution is 7.49. The highest BCUT2D eigenvalue weighted by Gasteiger charge is 2.30. The molecule has 19 heavy (non-hydrogen) atoms. The summed E-state index contributed by atoms with van der Waals surface area (Å²) in [6, 6.07) is 8.75. The first-order valence-corrected chi connectivity index (χ1v) is 7.35. The summed E-state index contributed by atoms with van der Waals surface area (Å²) in [4.78, 5) is 11.5. The Morgan fingerprint density at radius 3 is 2.21 bits per heavy atom. The van der Waals surface area contributed by atoms with Crippen LogP contribution < -0.4 is 4.74 Å². The molecule has 106 valence electrons. The summed E-state index contributed by atoms with van der Waals surface area (Å²) in [5.74, 6) is -0.295. The molecule has 6 nitrogen and oxygen atoms in total. The predicted molar refractivity (Wildman–Crippen MR) is 68.9 cm³/mol. The molecule has 0 N–H and O–H groups in total. The molecule has 0 saturated carbocycles. The zero-order chi connectivity index (χ0) is 14.1. The van der Waals surface area contributed by atoms with Crippen molar-refractivity contribution in [3.63, 3.8) is 0 Å². The fraction of sp³-hybridized carbons (Fsp3) is 0.417. The molecule has 0 amide bonds. The standard InChI is InChI=1S/C12H17O6P/c1-3-16-19(14,17-4-2)18-12(13)10-15-11-8-6-5-7-9-11/h5-9H,3-4,10H2,1-2H3. The van der Waals surface area contributed by atoms with Gasteiger partial charge in [0.1, 0.15) is 5.75 Å². The molecule has 0 atom stereocenters. The summed E-state index contributed by atoms with van der Waals surface area (Å²) < 4.78 is 31.4. The van der Waals surface area contributed by atoms with Gasteiger partial charge in [0, 0.05) is 0 Å². The van der Waals surface area contributed by atoms with Crippen molar-refractivity contribution < 1.29 is 27.7 Å². The van der Waals surface area contributed by atoms with E-state index in [1.165, 1.54) is 0 Å². The molecule has 0 saturated heterocycles. The minimum atomic E-state index is -3.83. The first-order chi connectivity index (χ1) is 9.09. The number of hydrogen-bond donors (Lipinski definition) is 0. The van der Waals surface area contributed by atoms with E-state index in [2.05, 4.69) is 4.52 Å².